The molecule has 0 bridgehead atoms. The smallest absolute Gasteiger partial charge is 0.289 e. The zero-order valence-electron chi connectivity index (χ0n) is 13.1. The maximum atomic E-state index is 12.8. The van der Waals surface area contributed by atoms with Gasteiger partial charge in [-0.3, -0.25) is 4.79 Å². The minimum atomic E-state index is -0.0726. The summed E-state index contributed by atoms with van der Waals surface area (Å²) in [5, 5.41) is 0.977. The molecule has 3 rings (SSSR count). The molecule has 2 N–H and O–H groups in total. The number of nitrogens with two attached hydrogens (primary N) is 1. The van der Waals surface area contributed by atoms with Gasteiger partial charge in [-0.15, -0.1) is 0 Å². The summed E-state index contributed by atoms with van der Waals surface area (Å²) in [5.74, 6) is 0.407. The SMILES string of the molecule is Cc1c(C(=O)N2CCC(N)C(C)(C)C2)oc2ccc(Br)cc12. The Kier molecular flexibility index (Phi) is 3.81. The molecular weight excluding hydrogens is 344 g/mol. The molecule has 0 aliphatic carbocycles. The first kappa shape index (κ1) is 15.6. The molecule has 1 aromatic carbocycles. The molecule has 0 radical (unpaired) electrons. The van der Waals surface area contributed by atoms with E-state index in [1.165, 1.54) is 0 Å². The van der Waals surface area contributed by atoms with Crippen LogP contribution in [0.25, 0.3) is 11.0 Å². The fraction of sp³-hybridized carbons (Fsp3) is 0.471. The molecule has 1 aromatic heterocycles. The monoisotopic (exact) mass is 364 g/mol. The second-order valence-corrected chi connectivity index (χ2v) is 7.72. The summed E-state index contributed by atoms with van der Waals surface area (Å²) in [6, 6.07) is 5.92. The molecule has 22 heavy (non-hydrogen) atoms. The number of carbonyl (C=O) groups excluding carboxylic acids is 1. The average Bonchev–Trinajstić information content (AvgIpc) is 2.78. The van der Waals surface area contributed by atoms with E-state index in [9.17, 15) is 4.79 Å². The van der Waals surface area contributed by atoms with Gasteiger partial charge in [0, 0.05) is 34.6 Å². The van der Waals surface area contributed by atoms with Gasteiger partial charge < -0.3 is 15.1 Å². The Morgan fingerprint density at radius 2 is 2.18 bits per heavy atom. The van der Waals surface area contributed by atoms with Crippen molar-refractivity contribution in [3.8, 4) is 0 Å². The van der Waals surface area contributed by atoms with E-state index in [0.717, 1.165) is 27.4 Å². The Hall–Kier alpha value is -1.33. The van der Waals surface area contributed by atoms with Crippen molar-refractivity contribution in [3.63, 3.8) is 0 Å². The topological polar surface area (TPSA) is 59.5 Å². The third-order valence-electron chi connectivity index (χ3n) is 4.69. The van der Waals surface area contributed by atoms with Crippen molar-refractivity contribution in [2.24, 2.45) is 11.1 Å². The lowest BCUT2D eigenvalue weighted by molar-refractivity contribution is 0.0504. The van der Waals surface area contributed by atoms with Crippen LogP contribution in [0.15, 0.2) is 27.1 Å². The number of hydrogen-bond acceptors (Lipinski definition) is 3. The molecule has 1 amide bonds. The molecule has 0 saturated carbocycles. The van der Waals surface area contributed by atoms with Crippen LogP contribution in [0, 0.1) is 12.3 Å². The lowest BCUT2D eigenvalue weighted by Gasteiger charge is -2.42. The average molecular weight is 365 g/mol. The summed E-state index contributed by atoms with van der Waals surface area (Å²) < 4.78 is 6.80. The summed E-state index contributed by atoms with van der Waals surface area (Å²) in [7, 11) is 0. The summed E-state index contributed by atoms with van der Waals surface area (Å²) in [5.41, 5.74) is 7.73. The van der Waals surface area contributed by atoms with Gasteiger partial charge in [0.05, 0.1) is 0 Å². The Morgan fingerprint density at radius 3 is 2.86 bits per heavy atom. The molecule has 118 valence electrons. The van der Waals surface area contributed by atoms with Crippen molar-refractivity contribution < 1.29 is 9.21 Å². The van der Waals surface area contributed by atoms with Crippen LogP contribution in [0.1, 0.15) is 36.4 Å². The highest BCUT2D eigenvalue weighted by molar-refractivity contribution is 9.10. The van der Waals surface area contributed by atoms with Gasteiger partial charge in [0.25, 0.3) is 5.91 Å². The summed E-state index contributed by atoms with van der Waals surface area (Å²) in [4.78, 5) is 14.7. The highest BCUT2D eigenvalue weighted by Gasteiger charge is 2.36. The lowest BCUT2D eigenvalue weighted by atomic mass is 9.79. The first-order chi connectivity index (χ1) is 10.3. The number of furan rings is 1. The summed E-state index contributed by atoms with van der Waals surface area (Å²) in [6.45, 7) is 7.50. The number of hydrogen-bond donors (Lipinski definition) is 1. The minimum absolute atomic E-state index is 0.0372. The predicted octanol–water partition coefficient (Wildman–Crippen LogP) is 3.70. The quantitative estimate of drug-likeness (QED) is 0.838. The zero-order valence-corrected chi connectivity index (χ0v) is 14.7. The van der Waals surface area contributed by atoms with Crippen LogP contribution in [0.5, 0.6) is 0 Å². The number of fused-ring (bicyclic) bond motifs is 1. The van der Waals surface area contributed by atoms with Gasteiger partial charge in [0.15, 0.2) is 5.76 Å². The van der Waals surface area contributed by atoms with Crippen molar-refractivity contribution in [2.45, 2.75) is 33.2 Å². The molecule has 2 aromatic rings. The largest absolute Gasteiger partial charge is 0.451 e. The third-order valence-corrected chi connectivity index (χ3v) is 5.19. The van der Waals surface area contributed by atoms with Crippen LogP contribution in [-0.2, 0) is 0 Å². The maximum Gasteiger partial charge on any atom is 0.289 e. The number of amides is 1. The van der Waals surface area contributed by atoms with E-state index in [-0.39, 0.29) is 17.4 Å². The number of halogens is 1. The van der Waals surface area contributed by atoms with Gasteiger partial charge in [-0.25, -0.2) is 0 Å². The molecule has 1 saturated heterocycles. The fourth-order valence-electron chi connectivity index (χ4n) is 3.09. The normalized spacial score (nSPS) is 21.3. The van der Waals surface area contributed by atoms with E-state index in [0.29, 0.717) is 18.8 Å². The Balaban J connectivity index is 1.94. The van der Waals surface area contributed by atoms with Crippen LogP contribution >= 0.6 is 15.9 Å². The van der Waals surface area contributed by atoms with Crippen LogP contribution < -0.4 is 5.73 Å². The molecule has 1 aliphatic rings. The van der Waals surface area contributed by atoms with Crippen molar-refractivity contribution >= 4 is 32.8 Å². The van der Waals surface area contributed by atoms with E-state index in [4.69, 9.17) is 10.2 Å². The molecule has 5 heteroatoms. The number of rotatable bonds is 1. The molecule has 1 atom stereocenters. The molecule has 1 aliphatic heterocycles. The number of carbonyl (C=O) groups is 1. The predicted molar refractivity (Wildman–Crippen MR) is 90.9 cm³/mol. The minimum Gasteiger partial charge on any atom is -0.451 e. The first-order valence-corrected chi connectivity index (χ1v) is 8.32. The lowest BCUT2D eigenvalue weighted by Crippen LogP contribution is -2.54. The molecule has 1 fully saturated rings. The summed E-state index contributed by atoms with van der Waals surface area (Å²) >= 11 is 3.46. The van der Waals surface area contributed by atoms with Gasteiger partial charge in [0.2, 0.25) is 0 Å². The maximum absolute atomic E-state index is 12.8. The Bertz CT molecular complexity index is 736. The van der Waals surface area contributed by atoms with Gasteiger partial charge in [-0.1, -0.05) is 29.8 Å². The van der Waals surface area contributed by atoms with Crippen molar-refractivity contribution in [3.05, 3.63) is 34.0 Å². The van der Waals surface area contributed by atoms with Crippen LogP contribution in [0.3, 0.4) is 0 Å². The van der Waals surface area contributed by atoms with Gasteiger partial charge in [-0.05, 0) is 37.0 Å². The van der Waals surface area contributed by atoms with Crippen LogP contribution in [0.2, 0.25) is 0 Å². The molecular formula is C17H21BrN2O2. The molecule has 2 heterocycles. The molecule has 0 spiro atoms. The zero-order chi connectivity index (χ0) is 16.1. The van der Waals surface area contributed by atoms with E-state index < -0.39 is 0 Å². The van der Waals surface area contributed by atoms with Crippen molar-refractivity contribution in [2.75, 3.05) is 13.1 Å². The van der Waals surface area contributed by atoms with E-state index >= 15 is 0 Å². The fourth-order valence-corrected chi connectivity index (χ4v) is 3.45. The number of aryl methyl sites for hydroxylation is 1. The number of nitrogens with zero attached hydrogens (tertiary/aromatic N) is 1. The molecule has 4 nitrogen and oxygen atoms in total. The van der Waals surface area contributed by atoms with Crippen LogP contribution in [0.4, 0.5) is 0 Å². The van der Waals surface area contributed by atoms with Crippen LogP contribution in [-0.4, -0.2) is 29.9 Å². The standard InChI is InChI=1S/C17H21BrN2O2/c1-10-12-8-11(18)4-5-13(12)22-15(10)16(21)20-7-6-14(19)17(2,3)9-20/h4-5,8,14H,6-7,9,19H2,1-3H3. The van der Waals surface area contributed by atoms with Crippen molar-refractivity contribution in [1.29, 1.82) is 0 Å². The van der Waals surface area contributed by atoms with Gasteiger partial charge in [-0.2, -0.15) is 0 Å². The first-order valence-electron chi connectivity index (χ1n) is 7.53. The second kappa shape index (κ2) is 5.39. The third kappa shape index (κ3) is 2.57. The summed E-state index contributed by atoms with van der Waals surface area (Å²) in [6.07, 6.45) is 0.823. The number of piperidine rings is 1. The van der Waals surface area contributed by atoms with Gasteiger partial charge >= 0.3 is 0 Å². The second-order valence-electron chi connectivity index (χ2n) is 6.81. The highest BCUT2D eigenvalue weighted by Crippen LogP contribution is 2.32. The highest BCUT2D eigenvalue weighted by atomic mass is 79.9. The Morgan fingerprint density at radius 1 is 1.45 bits per heavy atom. The number of likely N-dealkylation sites (tertiary alicyclic amines) is 1. The van der Waals surface area contributed by atoms with E-state index in [1.54, 1.807) is 0 Å². The van der Waals surface area contributed by atoms with E-state index in [1.807, 2.05) is 30.0 Å². The van der Waals surface area contributed by atoms with E-state index in [2.05, 4.69) is 29.8 Å². The number of benzene rings is 1. The molecule has 1 unspecified atom stereocenters. The van der Waals surface area contributed by atoms with Gasteiger partial charge in [0.1, 0.15) is 5.58 Å². The van der Waals surface area contributed by atoms with Crippen molar-refractivity contribution in [1.82, 2.24) is 4.90 Å². The Labute approximate surface area is 138 Å².